The average Bonchev–Trinajstić information content (AvgIpc) is 2.72. The van der Waals surface area contributed by atoms with Crippen LogP contribution in [0.5, 0.6) is 0 Å². The van der Waals surface area contributed by atoms with Crippen LogP contribution in [0.4, 0.5) is 0 Å². The van der Waals surface area contributed by atoms with Gasteiger partial charge in [0.05, 0.1) is 0 Å². The maximum atomic E-state index is 2.39. The van der Waals surface area contributed by atoms with E-state index in [-0.39, 0.29) is 0 Å². The Labute approximate surface area is 105 Å². The lowest BCUT2D eigenvalue weighted by molar-refractivity contribution is 1.06. The molecular formula is C14H19S2+. The smallest absolute Gasteiger partial charge is 0.138 e. The number of hydrogen-bond donors (Lipinski definition) is 0. The van der Waals surface area contributed by atoms with Crippen LogP contribution in [0.25, 0.3) is 10.1 Å². The van der Waals surface area contributed by atoms with Crippen molar-refractivity contribution in [2.75, 3.05) is 11.5 Å². The van der Waals surface area contributed by atoms with E-state index in [4.69, 9.17) is 0 Å². The molecule has 0 amide bonds. The molecule has 2 aromatic rings. The molecule has 2 rings (SSSR count). The van der Waals surface area contributed by atoms with E-state index in [0.717, 1.165) is 0 Å². The Hall–Kier alpha value is -0.470. The molecule has 0 unspecified atom stereocenters. The normalized spacial score (nSPS) is 11.4. The molecule has 2 heteroatoms. The summed E-state index contributed by atoms with van der Waals surface area (Å²) < 4.78 is 1.45. The highest BCUT2D eigenvalue weighted by atomic mass is 32.2. The highest BCUT2D eigenvalue weighted by molar-refractivity contribution is 7.97. The van der Waals surface area contributed by atoms with Gasteiger partial charge >= 0.3 is 0 Å². The SMILES string of the molecule is CCC[S+](CCC)c1csc2ccccc12. The van der Waals surface area contributed by atoms with E-state index in [2.05, 4.69) is 43.5 Å². The van der Waals surface area contributed by atoms with Gasteiger partial charge in [-0.2, -0.15) is 0 Å². The molecular weight excluding hydrogens is 232 g/mol. The van der Waals surface area contributed by atoms with Crippen LogP contribution < -0.4 is 0 Å². The van der Waals surface area contributed by atoms with Crippen LogP contribution in [-0.2, 0) is 10.9 Å². The Morgan fingerprint density at radius 3 is 2.44 bits per heavy atom. The Balaban J connectivity index is 2.36. The molecule has 0 aliphatic carbocycles. The van der Waals surface area contributed by atoms with Crippen LogP contribution in [0.3, 0.4) is 0 Å². The van der Waals surface area contributed by atoms with Gasteiger partial charge in [0.15, 0.2) is 4.90 Å². The van der Waals surface area contributed by atoms with E-state index in [1.165, 1.54) is 34.4 Å². The van der Waals surface area contributed by atoms with Crippen molar-refractivity contribution in [3.05, 3.63) is 29.6 Å². The van der Waals surface area contributed by atoms with Crippen LogP contribution in [-0.4, -0.2) is 11.5 Å². The lowest BCUT2D eigenvalue weighted by Crippen LogP contribution is -2.11. The number of benzene rings is 1. The van der Waals surface area contributed by atoms with Crippen molar-refractivity contribution >= 4 is 32.3 Å². The van der Waals surface area contributed by atoms with E-state index in [1.54, 1.807) is 4.90 Å². The fourth-order valence-corrected chi connectivity index (χ4v) is 5.69. The van der Waals surface area contributed by atoms with Gasteiger partial charge in [-0.25, -0.2) is 0 Å². The second-order valence-corrected chi connectivity index (χ2v) is 7.15. The minimum absolute atomic E-state index is 0.479. The summed E-state index contributed by atoms with van der Waals surface area (Å²) in [6.07, 6.45) is 2.60. The Morgan fingerprint density at radius 1 is 1.06 bits per heavy atom. The monoisotopic (exact) mass is 251 g/mol. The molecule has 0 saturated carbocycles. The third kappa shape index (κ3) is 2.44. The summed E-state index contributed by atoms with van der Waals surface area (Å²) in [5.74, 6) is 2.71. The molecule has 0 aliphatic heterocycles. The van der Waals surface area contributed by atoms with E-state index in [1.807, 2.05) is 11.3 Å². The predicted molar refractivity (Wildman–Crippen MR) is 77.8 cm³/mol. The Morgan fingerprint density at radius 2 is 1.75 bits per heavy atom. The molecule has 86 valence electrons. The predicted octanol–water partition coefficient (Wildman–Crippen LogP) is 4.70. The Kier molecular flexibility index (Phi) is 4.30. The first-order chi connectivity index (χ1) is 7.86. The van der Waals surface area contributed by atoms with E-state index in [9.17, 15) is 0 Å². The summed E-state index contributed by atoms with van der Waals surface area (Å²) >= 11 is 1.90. The van der Waals surface area contributed by atoms with Crippen molar-refractivity contribution in [3.63, 3.8) is 0 Å². The molecule has 0 radical (unpaired) electrons. The highest BCUT2D eigenvalue weighted by Gasteiger charge is 2.23. The molecule has 0 N–H and O–H groups in total. The molecule has 0 bridgehead atoms. The zero-order valence-corrected chi connectivity index (χ0v) is 11.7. The fraction of sp³-hybridized carbons (Fsp3) is 0.429. The highest BCUT2D eigenvalue weighted by Crippen LogP contribution is 2.31. The van der Waals surface area contributed by atoms with Gasteiger partial charge in [-0.15, -0.1) is 11.3 Å². The third-order valence-corrected chi connectivity index (χ3v) is 6.53. The molecule has 1 heterocycles. The number of thiophene rings is 1. The molecule has 0 spiro atoms. The van der Waals surface area contributed by atoms with Gasteiger partial charge in [0.2, 0.25) is 0 Å². The van der Waals surface area contributed by atoms with Crippen LogP contribution in [0.1, 0.15) is 26.7 Å². The minimum atomic E-state index is 0.479. The van der Waals surface area contributed by atoms with Gasteiger partial charge in [-0.3, -0.25) is 0 Å². The summed E-state index contributed by atoms with van der Waals surface area (Å²) in [6, 6.07) is 8.83. The van der Waals surface area contributed by atoms with E-state index in [0.29, 0.717) is 10.9 Å². The first-order valence-electron chi connectivity index (χ1n) is 6.00. The van der Waals surface area contributed by atoms with Gasteiger partial charge in [-0.1, -0.05) is 26.0 Å². The molecule has 1 aromatic carbocycles. The van der Waals surface area contributed by atoms with Gasteiger partial charge in [0, 0.05) is 26.4 Å². The summed E-state index contributed by atoms with van der Waals surface area (Å²) in [7, 11) is 0.479. The molecule has 0 atom stereocenters. The molecule has 0 nitrogen and oxygen atoms in total. The summed E-state index contributed by atoms with van der Waals surface area (Å²) in [6.45, 7) is 4.59. The van der Waals surface area contributed by atoms with E-state index >= 15 is 0 Å². The number of rotatable bonds is 5. The second-order valence-electron chi connectivity index (χ2n) is 4.00. The van der Waals surface area contributed by atoms with E-state index < -0.39 is 0 Å². The summed E-state index contributed by atoms with van der Waals surface area (Å²) in [5.41, 5.74) is 0. The standard InChI is InChI=1S/C14H19S2/c1-3-9-16(10-4-2)14-11-15-13-8-6-5-7-12(13)14/h5-8,11H,3-4,9-10H2,1-2H3/q+1. The average molecular weight is 251 g/mol. The number of fused-ring (bicyclic) bond motifs is 1. The largest absolute Gasteiger partial charge is 0.173 e. The topological polar surface area (TPSA) is 0 Å². The van der Waals surface area contributed by atoms with Crippen LogP contribution in [0.15, 0.2) is 34.5 Å². The lowest BCUT2D eigenvalue weighted by atomic mass is 10.3. The van der Waals surface area contributed by atoms with Gasteiger partial charge in [0.25, 0.3) is 0 Å². The van der Waals surface area contributed by atoms with Crippen molar-refractivity contribution in [2.24, 2.45) is 0 Å². The van der Waals surface area contributed by atoms with Gasteiger partial charge in [0.1, 0.15) is 11.5 Å². The maximum absolute atomic E-state index is 2.39. The quantitative estimate of drug-likeness (QED) is 0.676. The third-order valence-electron chi connectivity index (χ3n) is 2.66. The van der Waals surface area contributed by atoms with Gasteiger partial charge in [-0.05, 0) is 25.0 Å². The van der Waals surface area contributed by atoms with Crippen LogP contribution in [0.2, 0.25) is 0 Å². The van der Waals surface area contributed by atoms with Crippen molar-refractivity contribution in [2.45, 2.75) is 31.6 Å². The Bertz CT molecular complexity index is 439. The second kappa shape index (κ2) is 5.74. The number of hydrogen-bond acceptors (Lipinski definition) is 1. The maximum Gasteiger partial charge on any atom is 0.173 e. The van der Waals surface area contributed by atoms with Crippen LogP contribution in [0, 0.1) is 0 Å². The zero-order chi connectivity index (χ0) is 11.4. The minimum Gasteiger partial charge on any atom is -0.138 e. The van der Waals surface area contributed by atoms with Crippen molar-refractivity contribution < 1.29 is 0 Å². The van der Waals surface area contributed by atoms with Crippen LogP contribution >= 0.6 is 11.3 Å². The molecule has 16 heavy (non-hydrogen) atoms. The first-order valence-corrected chi connectivity index (χ1v) is 8.44. The molecule has 0 fully saturated rings. The van der Waals surface area contributed by atoms with Gasteiger partial charge < -0.3 is 0 Å². The summed E-state index contributed by atoms with van der Waals surface area (Å²) in [4.78, 5) is 1.62. The van der Waals surface area contributed by atoms with Crippen molar-refractivity contribution in [1.82, 2.24) is 0 Å². The van der Waals surface area contributed by atoms with Crippen molar-refractivity contribution in [1.29, 1.82) is 0 Å². The summed E-state index contributed by atoms with van der Waals surface area (Å²) in [5, 5.41) is 3.89. The molecule has 0 saturated heterocycles. The lowest BCUT2D eigenvalue weighted by Gasteiger charge is -2.04. The molecule has 0 aliphatic rings. The fourth-order valence-electron chi connectivity index (χ4n) is 1.99. The van der Waals surface area contributed by atoms with Crippen molar-refractivity contribution in [3.8, 4) is 0 Å². The molecule has 1 aromatic heterocycles. The first kappa shape index (κ1) is 12.0. The zero-order valence-electron chi connectivity index (χ0n) is 10.0.